The van der Waals surface area contributed by atoms with Gasteiger partial charge in [-0.1, -0.05) is 37.6 Å². The van der Waals surface area contributed by atoms with Gasteiger partial charge in [0.1, 0.15) is 11.8 Å². The standard InChI is InChI=1S/C22H25ClN2O3/c1-13(2)12-19(25-21(27)14-6-8-15(23)9-7-14)22(28)24-18-11-10-17-16(18)4-3-5-20(17)26/h3-9,13,18-19,26H,10-12H2,1-2H3,(H,24,28)(H,25,27). The average Bonchev–Trinajstić information content (AvgIpc) is 3.05. The van der Waals surface area contributed by atoms with Gasteiger partial charge in [-0.2, -0.15) is 0 Å². The number of rotatable bonds is 6. The van der Waals surface area contributed by atoms with E-state index in [-0.39, 0.29) is 29.5 Å². The topological polar surface area (TPSA) is 78.4 Å². The Morgan fingerprint density at radius 2 is 1.89 bits per heavy atom. The van der Waals surface area contributed by atoms with Crippen molar-refractivity contribution in [2.75, 3.05) is 0 Å². The molecule has 1 aliphatic rings. The molecule has 3 N–H and O–H groups in total. The summed E-state index contributed by atoms with van der Waals surface area (Å²) in [4.78, 5) is 25.5. The summed E-state index contributed by atoms with van der Waals surface area (Å²) in [6, 6.07) is 11.2. The van der Waals surface area contributed by atoms with Gasteiger partial charge in [-0.25, -0.2) is 0 Å². The van der Waals surface area contributed by atoms with Crippen molar-refractivity contribution in [1.82, 2.24) is 10.6 Å². The third kappa shape index (κ3) is 4.65. The van der Waals surface area contributed by atoms with Crippen molar-refractivity contribution in [1.29, 1.82) is 0 Å². The molecule has 148 valence electrons. The molecule has 1 aliphatic carbocycles. The molecule has 2 aromatic carbocycles. The quantitative estimate of drug-likeness (QED) is 0.685. The Kier molecular flexibility index (Phi) is 6.25. The molecule has 2 unspecified atom stereocenters. The van der Waals surface area contributed by atoms with Crippen molar-refractivity contribution in [3.8, 4) is 5.75 Å². The summed E-state index contributed by atoms with van der Waals surface area (Å²) in [5.74, 6) is -0.00987. The first-order valence-corrected chi connectivity index (χ1v) is 9.90. The first-order valence-electron chi connectivity index (χ1n) is 9.52. The highest BCUT2D eigenvalue weighted by molar-refractivity contribution is 6.30. The van der Waals surface area contributed by atoms with E-state index < -0.39 is 6.04 Å². The van der Waals surface area contributed by atoms with Crippen LogP contribution in [0.5, 0.6) is 5.75 Å². The maximum Gasteiger partial charge on any atom is 0.251 e. The lowest BCUT2D eigenvalue weighted by molar-refractivity contribution is -0.124. The van der Waals surface area contributed by atoms with Crippen molar-refractivity contribution < 1.29 is 14.7 Å². The number of nitrogens with one attached hydrogen (secondary N) is 2. The van der Waals surface area contributed by atoms with Crippen LogP contribution in [-0.4, -0.2) is 23.0 Å². The van der Waals surface area contributed by atoms with Crippen LogP contribution in [-0.2, 0) is 11.2 Å². The van der Waals surface area contributed by atoms with Gasteiger partial charge >= 0.3 is 0 Å². The van der Waals surface area contributed by atoms with E-state index in [0.29, 0.717) is 17.0 Å². The number of fused-ring (bicyclic) bond motifs is 1. The number of carbonyl (C=O) groups is 2. The summed E-state index contributed by atoms with van der Waals surface area (Å²) < 4.78 is 0. The van der Waals surface area contributed by atoms with Crippen molar-refractivity contribution in [3.05, 3.63) is 64.2 Å². The summed E-state index contributed by atoms with van der Waals surface area (Å²) in [6.45, 7) is 4.02. The Bertz CT molecular complexity index is 865. The SMILES string of the molecule is CC(C)CC(NC(=O)c1ccc(Cl)cc1)C(=O)NC1CCc2c(O)cccc21. The Morgan fingerprint density at radius 3 is 2.57 bits per heavy atom. The van der Waals surface area contributed by atoms with Crippen LogP contribution in [0.2, 0.25) is 5.02 Å². The Labute approximate surface area is 170 Å². The van der Waals surface area contributed by atoms with E-state index in [2.05, 4.69) is 10.6 Å². The predicted octanol–water partition coefficient (Wildman–Crippen LogP) is 3.99. The highest BCUT2D eigenvalue weighted by Crippen LogP contribution is 2.36. The Balaban J connectivity index is 1.71. The summed E-state index contributed by atoms with van der Waals surface area (Å²) in [5, 5.41) is 16.4. The van der Waals surface area contributed by atoms with Gasteiger partial charge < -0.3 is 15.7 Å². The van der Waals surface area contributed by atoms with Gasteiger partial charge in [-0.05, 0) is 66.6 Å². The summed E-state index contributed by atoms with van der Waals surface area (Å²) in [6.07, 6.45) is 1.99. The molecule has 0 radical (unpaired) electrons. The fraction of sp³-hybridized carbons (Fsp3) is 0.364. The number of phenolic OH excluding ortho intramolecular Hbond substituents is 1. The van der Waals surface area contributed by atoms with Gasteiger partial charge in [0.15, 0.2) is 0 Å². The number of aromatic hydroxyl groups is 1. The molecule has 2 atom stereocenters. The van der Waals surface area contributed by atoms with Crippen LogP contribution in [0.15, 0.2) is 42.5 Å². The van der Waals surface area contributed by atoms with E-state index in [1.165, 1.54) is 0 Å². The molecule has 3 rings (SSSR count). The van der Waals surface area contributed by atoms with E-state index in [0.717, 1.165) is 24.0 Å². The number of carbonyl (C=O) groups excluding carboxylic acids is 2. The summed E-state index contributed by atoms with van der Waals surface area (Å²) in [5.41, 5.74) is 2.29. The number of halogens is 1. The molecule has 5 nitrogen and oxygen atoms in total. The summed E-state index contributed by atoms with van der Waals surface area (Å²) in [7, 11) is 0. The molecule has 2 aromatic rings. The van der Waals surface area contributed by atoms with Crippen molar-refractivity contribution in [2.24, 2.45) is 5.92 Å². The zero-order valence-corrected chi connectivity index (χ0v) is 16.8. The fourth-order valence-corrected chi connectivity index (χ4v) is 3.73. The van der Waals surface area contributed by atoms with E-state index in [1.54, 1.807) is 36.4 Å². The lowest BCUT2D eigenvalue weighted by Gasteiger charge is -2.23. The van der Waals surface area contributed by atoms with Crippen LogP contribution >= 0.6 is 11.6 Å². The van der Waals surface area contributed by atoms with Crippen molar-refractivity contribution in [2.45, 2.75) is 45.2 Å². The van der Waals surface area contributed by atoms with Crippen molar-refractivity contribution >= 4 is 23.4 Å². The van der Waals surface area contributed by atoms with Crippen LogP contribution in [0, 0.1) is 5.92 Å². The van der Waals surface area contributed by atoms with Gasteiger partial charge in [0.05, 0.1) is 6.04 Å². The third-order valence-corrected chi connectivity index (χ3v) is 5.25. The Hall–Kier alpha value is -2.53. The normalized spacial score (nSPS) is 16.5. The van der Waals surface area contributed by atoms with Crippen LogP contribution in [0.3, 0.4) is 0 Å². The van der Waals surface area contributed by atoms with E-state index in [4.69, 9.17) is 11.6 Å². The zero-order valence-electron chi connectivity index (χ0n) is 16.0. The molecule has 0 saturated carbocycles. The van der Waals surface area contributed by atoms with E-state index >= 15 is 0 Å². The molecular formula is C22H25ClN2O3. The average molecular weight is 401 g/mol. The highest BCUT2D eigenvalue weighted by Gasteiger charge is 2.29. The molecule has 2 amide bonds. The molecule has 28 heavy (non-hydrogen) atoms. The minimum absolute atomic E-state index is 0.156. The molecular weight excluding hydrogens is 376 g/mol. The Morgan fingerprint density at radius 1 is 1.18 bits per heavy atom. The second kappa shape index (κ2) is 8.65. The molecule has 0 heterocycles. The van der Waals surface area contributed by atoms with E-state index in [1.807, 2.05) is 19.9 Å². The van der Waals surface area contributed by atoms with Gasteiger partial charge in [-0.15, -0.1) is 0 Å². The molecule has 0 spiro atoms. The number of phenols is 1. The molecule has 0 aromatic heterocycles. The summed E-state index contributed by atoms with van der Waals surface area (Å²) >= 11 is 5.88. The minimum atomic E-state index is -0.635. The lowest BCUT2D eigenvalue weighted by atomic mass is 10.0. The number of benzene rings is 2. The monoisotopic (exact) mass is 400 g/mol. The first kappa shape index (κ1) is 20.2. The molecule has 0 bridgehead atoms. The minimum Gasteiger partial charge on any atom is -0.508 e. The van der Waals surface area contributed by atoms with Crippen LogP contribution in [0.25, 0.3) is 0 Å². The molecule has 0 aliphatic heterocycles. The first-order chi connectivity index (χ1) is 13.3. The fourth-order valence-electron chi connectivity index (χ4n) is 3.60. The largest absolute Gasteiger partial charge is 0.508 e. The number of hydrogen-bond donors (Lipinski definition) is 3. The third-order valence-electron chi connectivity index (χ3n) is 5.00. The molecule has 0 saturated heterocycles. The zero-order chi connectivity index (χ0) is 20.3. The van der Waals surface area contributed by atoms with Crippen LogP contribution in [0.4, 0.5) is 0 Å². The smallest absolute Gasteiger partial charge is 0.251 e. The number of amides is 2. The van der Waals surface area contributed by atoms with Crippen LogP contribution in [0.1, 0.15) is 54.2 Å². The maximum absolute atomic E-state index is 12.9. The number of hydrogen-bond acceptors (Lipinski definition) is 3. The van der Waals surface area contributed by atoms with Gasteiger partial charge in [0.2, 0.25) is 5.91 Å². The van der Waals surface area contributed by atoms with Gasteiger partial charge in [0.25, 0.3) is 5.91 Å². The lowest BCUT2D eigenvalue weighted by Crippen LogP contribution is -2.48. The molecule has 0 fully saturated rings. The van der Waals surface area contributed by atoms with Gasteiger partial charge in [0, 0.05) is 10.6 Å². The predicted molar refractivity (Wildman–Crippen MR) is 109 cm³/mol. The van der Waals surface area contributed by atoms with Crippen molar-refractivity contribution in [3.63, 3.8) is 0 Å². The second-order valence-corrected chi connectivity index (χ2v) is 8.04. The molecule has 6 heteroatoms. The second-order valence-electron chi connectivity index (χ2n) is 7.61. The van der Waals surface area contributed by atoms with E-state index in [9.17, 15) is 14.7 Å². The highest BCUT2D eigenvalue weighted by atomic mass is 35.5. The van der Waals surface area contributed by atoms with Gasteiger partial charge in [-0.3, -0.25) is 9.59 Å². The maximum atomic E-state index is 12.9. The van der Waals surface area contributed by atoms with Crippen LogP contribution < -0.4 is 10.6 Å².